The quantitative estimate of drug-likeness (QED) is 0.789. The number of nitrogens with one attached hydrogen (secondary N) is 1. The van der Waals surface area contributed by atoms with Gasteiger partial charge >= 0.3 is 0 Å². The van der Waals surface area contributed by atoms with Crippen molar-refractivity contribution in [2.75, 3.05) is 7.11 Å². The summed E-state index contributed by atoms with van der Waals surface area (Å²) in [4.78, 5) is 18.7. The van der Waals surface area contributed by atoms with Crippen LogP contribution in [-0.2, 0) is 11.3 Å². The lowest BCUT2D eigenvalue weighted by atomic mass is 10.3. The summed E-state index contributed by atoms with van der Waals surface area (Å²) < 4.78 is 11.5. The number of furan rings is 1. The van der Waals surface area contributed by atoms with Gasteiger partial charge in [-0.25, -0.2) is 4.98 Å². The van der Waals surface area contributed by atoms with Crippen LogP contribution in [0.3, 0.4) is 0 Å². The van der Waals surface area contributed by atoms with Gasteiger partial charge in [-0.2, -0.15) is 0 Å². The van der Waals surface area contributed by atoms with Crippen LogP contribution < -0.4 is 5.56 Å². The van der Waals surface area contributed by atoms with Crippen LogP contribution in [-0.4, -0.2) is 17.1 Å². The van der Waals surface area contributed by atoms with Crippen LogP contribution in [0.2, 0.25) is 0 Å². The minimum atomic E-state index is -0.199. The van der Waals surface area contributed by atoms with Crippen molar-refractivity contribution in [2.24, 2.45) is 0 Å². The molecule has 0 aliphatic carbocycles. The Morgan fingerprint density at radius 1 is 1.59 bits per heavy atom. The van der Waals surface area contributed by atoms with E-state index in [0.29, 0.717) is 25.5 Å². The molecular formula is C10H8BrIN2O3. The van der Waals surface area contributed by atoms with Gasteiger partial charge in [-0.1, -0.05) is 0 Å². The number of ether oxygens (including phenoxy) is 1. The number of rotatable bonds is 3. The van der Waals surface area contributed by atoms with Gasteiger partial charge in [0.05, 0.1) is 12.3 Å². The van der Waals surface area contributed by atoms with Gasteiger partial charge in [-0.3, -0.25) is 4.79 Å². The molecule has 2 heterocycles. The van der Waals surface area contributed by atoms with Crippen LogP contribution in [0.4, 0.5) is 0 Å². The standard InChI is InChI=1S/C10H8BrIN2O3/c1-16-4-5-8(12)10(15)14-9(13-5)6-2-3-7(11)17-6/h2-3H,4H2,1H3,(H,13,14,15). The lowest BCUT2D eigenvalue weighted by Gasteiger charge is -2.03. The first kappa shape index (κ1) is 12.8. The Hall–Kier alpha value is -0.670. The number of hydrogen-bond donors (Lipinski definition) is 1. The Bertz CT molecular complexity index is 593. The van der Waals surface area contributed by atoms with Crippen molar-refractivity contribution >= 4 is 38.5 Å². The number of methoxy groups -OCH3 is 1. The van der Waals surface area contributed by atoms with Crippen LogP contribution in [0.1, 0.15) is 5.69 Å². The predicted molar refractivity (Wildman–Crippen MR) is 73.7 cm³/mol. The smallest absolute Gasteiger partial charge is 0.265 e. The fourth-order valence-electron chi connectivity index (χ4n) is 1.30. The zero-order chi connectivity index (χ0) is 12.4. The van der Waals surface area contributed by atoms with E-state index in [9.17, 15) is 4.79 Å². The summed E-state index contributed by atoms with van der Waals surface area (Å²) in [6.07, 6.45) is 0. The van der Waals surface area contributed by atoms with Gasteiger partial charge in [0.25, 0.3) is 5.56 Å². The maximum atomic E-state index is 11.7. The molecule has 0 aromatic carbocycles. The highest BCUT2D eigenvalue weighted by Gasteiger charge is 2.12. The molecule has 0 radical (unpaired) electrons. The summed E-state index contributed by atoms with van der Waals surface area (Å²) in [5, 5.41) is 0. The molecule has 0 amide bonds. The van der Waals surface area contributed by atoms with E-state index >= 15 is 0 Å². The molecule has 2 rings (SSSR count). The van der Waals surface area contributed by atoms with Gasteiger partial charge < -0.3 is 14.1 Å². The molecule has 1 N–H and O–H groups in total. The Balaban J connectivity index is 2.52. The van der Waals surface area contributed by atoms with Gasteiger partial charge in [0, 0.05) is 7.11 Å². The molecule has 2 aromatic rings. The largest absolute Gasteiger partial charge is 0.446 e. The highest BCUT2D eigenvalue weighted by molar-refractivity contribution is 14.1. The lowest BCUT2D eigenvalue weighted by Crippen LogP contribution is -2.16. The first-order valence-corrected chi connectivity index (χ1v) is 6.52. The summed E-state index contributed by atoms with van der Waals surface area (Å²) in [6.45, 7) is 0.289. The van der Waals surface area contributed by atoms with Gasteiger partial charge in [0.15, 0.2) is 16.3 Å². The van der Waals surface area contributed by atoms with Crippen LogP contribution in [0.15, 0.2) is 26.0 Å². The number of nitrogens with zero attached hydrogens (tertiary/aromatic N) is 1. The first-order chi connectivity index (χ1) is 8.11. The van der Waals surface area contributed by atoms with Crippen LogP contribution in [0, 0.1) is 3.57 Å². The Labute approximate surface area is 119 Å². The third kappa shape index (κ3) is 2.78. The normalized spacial score (nSPS) is 10.8. The molecule has 0 fully saturated rings. The van der Waals surface area contributed by atoms with Gasteiger partial charge in [0.2, 0.25) is 0 Å². The summed E-state index contributed by atoms with van der Waals surface area (Å²) in [6, 6.07) is 3.47. The van der Waals surface area contributed by atoms with E-state index in [0.717, 1.165) is 0 Å². The molecule has 0 unspecified atom stereocenters. The predicted octanol–water partition coefficient (Wildman–Crippen LogP) is 2.54. The molecule has 0 spiro atoms. The van der Waals surface area contributed by atoms with Crippen LogP contribution in [0.25, 0.3) is 11.6 Å². The average Bonchev–Trinajstić information content (AvgIpc) is 2.71. The number of aromatic nitrogens is 2. The Kier molecular flexibility index (Phi) is 4.00. The minimum Gasteiger partial charge on any atom is -0.446 e. The van der Waals surface area contributed by atoms with E-state index in [1.165, 1.54) is 0 Å². The summed E-state index contributed by atoms with van der Waals surface area (Å²) in [7, 11) is 1.56. The lowest BCUT2D eigenvalue weighted by molar-refractivity contribution is 0.180. The monoisotopic (exact) mass is 410 g/mol. The molecule has 90 valence electrons. The van der Waals surface area contributed by atoms with E-state index < -0.39 is 0 Å². The number of aromatic amines is 1. The van der Waals surface area contributed by atoms with Crippen LogP contribution >= 0.6 is 38.5 Å². The second kappa shape index (κ2) is 5.32. The molecule has 5 nitrogen and oxygen atoms in total. The third-order valence-corrected chi connectivity index (χ3v) is 3.56. The minimum absolute atomic E-state index is 0.199. The van der Waals surface area contributed by atoms with E-state index in [1.54, 1.807) is 19.2 Å². The molecule has 0 atom stereocenters. The van der Waals surface area contributed by atoms with Crippen LogP contribution in [0.5, 0.6) is 0 Å². The third-order valence-electron chi connectivity index (χ3n) is 2.02. The van der Waals surface area contributed by atoms with E-state index in [-0.39, 0.29) is 12.2 Å². The van der Waals surface area contributed by atoms with Crippen molar-refractivity contribution in [3.05, 3.63) is 36.4 Å². The first-order valence-electron chi connectivity index (χ1n) is 4.65. The highest BCUT2D eigenvalue weighted by Crippen LogP contribution is 2.22. The van der Waals surface area contributed by atoms with E-state index in [4.69, 9.17) is 9.15 Å². The zero-order valence-corrected chi connectivity index (χ0v) is 12.5. The molecule has 0 saturated heterocycles. The zero-order valence-electron chi connectivity index (χ0n) is 8.79. The Morgan fingerprint density at radius 2 is 2.35 bits per heavy atom. The number of H-pyrrole nitrogens is 1. The topological polar surface area (TPSA) is 68.1 Å². The molecule has 17 heavy (non-hydrogen) atoms. The fraction of sp³-hybridized carbons (Fsp3) is 0.200. The van der Waals surface area contributed by atoms with Crippen molar-refractivity contribution in [3.63, 3.8) is 0 Å². The average molecular weight is 411 g/mol. The summed E-state index contributed by atoms with van der Waals surface area (Å²) in [5.74, 6) is 0.899. The molecule has 0 saturated carbocycles. The Morgan fingerprint density at radius 3 is 2.94 bits per heavy atom. The highest BCUT2D eigenvalue weighted by atomic mass is 127. The SMILES string of the molecule is COCc1nc(-c2ccc(Br)o2)[nH]c(=O)c1I. The van der Waals surface area contributed by atoms with Crippen molar-refractivity contribution in [3.8, 4) is 11.6 Å². The second-order valence-corrected chi connectivity index (χ2v) is 5.07. The molecule has 2 aromatic heterocycles. The maximum Gasteiger partial charge on any atom is 0.265 e. The number of hydrogen-bond acceptors (Lipinski definition) is 4. The molecule has 0 aliphatic heterocycles. The fourth-order valence-corrected chi connectivity index (χ4v) is 2.01. The van der Waals surface area contributed by atoms with Crippen molar-refractivity contribution < 1.29 is 9.15 Å². The summed E-state index contributed by atoms with van der Waals surface area (Å²) >= 11 is 5.14. The van der Waals surface area contributed by atoms with Crippen molar-refractivity contribution in [1.29, 1.82) is 0 Å². The molecule has 0 aliphatic rings. The van der Waals surface area contributed by atoms with E-state index in [2.05, 4.69) is 25.9 Å². The van der Waals surface area contributed by atoms with Gasteiger partial charge in [0.1, 0.15) is 3.57 Å². The van der Waals surface area contributed by atoms with Crippen molar-refractivity contribution in [2.45, 2.75) is 6.61 Å². The molecule has 7 heteroatoms. The number of halogens is 2. The molecule has 0 bridgehead atoms. The van der Waals surface area contributed by atoms with Gasteiger partial charge in [-0.05, 0) is 50.7 Å². The van der Waals surface area contributed by atoms with Gasteiger partial charge in [-0.15, -0.1) is 0 Å². The maximum absolute atomic E-state index is 11.7. The summed E-state index contributed by atoms with van der Waals surface area (Å²) in [5.41, 5.74) is 0.398. The van der Waals surface area contributed by atoms with Crippen molar-refractivity contribution in [1.82, 2.24) is 9.97 Å². The second-order valence-electron chi connectivity index (χ2n) is 3.21. The molecular weight excluding hydrogens is 403 g/mol. The van der Waals surface area contributed by atoms with E-state index in [1.807, 2.05) is 22.6 Å².